The van der Waals surface area contributed by atoms with Crippen LogP contribution in [-0.4, -0.2) is 49.4 Å². The highest BCUT2D eigenvalue weighted by Crippen LogP contribution is 2.25. The van der Waals surface area contributed by atoms with E-state index in [4.69, 9.17) is 10.5 Å². The summed E-state index contributed by atoms with van der Waals surface area (Å²) in [5, 5.41) is 1.77. The molecule has 0 atom stereocenters. The number of hydrogen-bond donors (Lipinski definition) is 1. The summed E-state index contributed by atoms with van der Waals surface area (Å²) in [4.78, 5) is 4.59. The Hall–Kier alpha value is -1.16. The molecule has 0 bridgehead atoms. The molecular weight excluding hydrogens is 276 g/mol. The number of thiazole rings is 1. The van der Waals surface area contributed by atoms with Gasteiger partial charge in [0.1, 0.15) is 0 Å². The zero-order chi connectivity index (χ0) is 13.3. The number of sulfonamides is 1. The number of aromatic nitrogens is 2. The van der Waals surface area contributed by atoms with Crippen LogP contribution in [0, 0.1) is 0 Å². The summed E-state index contributed by atoms with van der Waals surface area (Å²) in [6, 6.07) is 0. The van der Waals surface area contributed by atoms with Gasteiger partial charge in [-0.05, 0) is 0 Å². The molecule has 0 aliphatic carbocycles. The summed E-state index contributed by atoms with van der Waals surface area (Å²) in [6.07, 6.45) is 1.64. The average molecular weight is 290 g/mol. The van der Waals surface area contributed by atoms with Gasteiger partial charge in [-0.3, -0.25) is 4.40 Å². The Labute approximate surface area is 109 Å². The molecule has 2 aromatic rings. The molecule has 7 nitrogen and oxygen atoms in total. The fraction of sp³-hybridized carbons (Fsp3) is 0.444. The van der Waals surface area contributed by atoms with Crippen LogP contribution in [-0.2, 0) is 14.8 Å². The maximum Gasteiger partial charge on any atom is 0.262 e. The molecule has 0 saturated carbocycles. The van der Waals surface area contributed by atoms with Crippen molar-refractivity contribution in [1.29, 1.82) is 0 Å². The number of nitrogen functional groups attached to an aromatic ring is 1. The first-order valence-electron chi connectivity index (χ1n) is 5.14. The van der Waals surface area contributed by atoms with E-state index < -0.39 is 10.0 Å². The molecule has 2 heterocycles. The molecule has 0 spiro atoms. The van der Waals surface area contributed by atoms with Gasteiger partial charge >= 0.3 is 0 Å². The third-order valence-corrected chi connectivity index (χ3v) is 5.16. The molecule has 0 saturated heterocycles. The molecule has 2 N–H and O–H groups in total. The fourth-order valence-corrected chi connectivity index (χ4v) is 3.62. The number of hydrogen-bond acceptors (Lipinski definition) is 6. The topological polar surface area (TPSA) is 89.9 Å². The Balaban J connectivity index is 2.46. The predicted octanol–water partition coefficient (Wildman–Crippen LogP) is 0.245. The number of imidazole rings is 1. The van der Waals surface area contributed by atoms with Gasteiger partial charge < -0.3 is 10.5 Å². The second-order valence-corrected chi connectivity index (χ2v) is 6.51. The van der Waals surface area contributed by atoms with Crippen LogP contribution < -0.4 is 5.73 Å². The zero-order valence-corrected chi connectivity index (χ0v) is 11.7. The number of anilines is 1. The maximum atomic E-state index is 12.4. The summed E-state index contributed by atoms with van der Waals surface area (Å²) < 4.78 is 32.3. The van der Waals surface area contributed by atoms with Gasteiger partial charge in [0.2, 0.25) is 0 Å². The van der Waals surface area contributed by atoms with Gasteiger partial charge in [0.15, 0.2) is 15.8 Å². The number of methoxy groups -OCH3 is 1. The second-order valence-electron chi connectivity index (χ2n) is 3.68. The molecular formula is C9H14N4O3S2. The van der Waals surface area contributed by atoms with Gasteiger partial charge in [-0.1, -0.05) is 0 Å². The number of nitrogens with zero attached hydrogens (tertiary/aromatic N) is 3. The molecule has 0 aromatic carbocycles. The normalized spacial score (nSPS) is 12.6. The van der Waals surface area contributed by atoms with E-state index in [1.807, 2.05) is 0 Å². The van der Waals surface area contributed by atoms with Crippen LogP contribution in [0.15, 0.2) is 16.6 Å². The minimum atomic E-state index is -3.66. The largest absolute Gasteiger partial charge is 0.383 e. The molecule has 0 aliphatic heterocycles. The van der Waals surface area contributed by atoms with Gasteiger partial charge in [0.05, 0.1) is 6.61 Å². The minimum absolute atomic E-state index is 0.0114. The van der Waals surface area contributed by atoms with Gasteiger partial charge in [0.25, 0.3) is 10.0 Å². The van der Waals surface area contributed by atoms with Crippen molar-refractivity contribution < 1.29 is 13.2 Å². The highest BCUT2D eigenvalue weighted by molar-refractivity contribution is 7.89. The van der Waals surface area contributed by atoms with Crippen LogP contribution in [0.2, 0.25) is 0 Å². The van der Waals surface area contributed by atoms with E-state index in [0.717, 1.165) is 0 Å². The molecule has 0 unspecified atom stereocenters. The number of likely N-dealkylation sites (N-methyl/N-ethyl adjacent to an activating group) is 1. The first kappa shape index (κ1) is 13.3. The molecule has 2 rings (SSSR count). The van der Waals surface area contributed by atoms with Crippen LogP contribution in [0.4, 0.5) is 5.82 Å². The van der Waals surface area contributed by atoms with Crippen molar-refractivity contribution in [2.75, 3.05) is 33.0 Å². The van der Waals surface area contributed by atoms with Crippen molar-refractivity contribution in [3.8, 4) is 0 Å². The van der Waals surface area contributed by atoms with Crippen molar-refractivity contribution >= 4 is 32.1 Å². The van der Waals surface area contributed by atoms with Crippen LogP contribution in [0.3, 0.4) is 0 Å². The lowest BCUT2D eigenvalue weighted by atomic mass is 10.7. The van der Waals surface area contributed by atoms with Crippen molar-refractivity contribution in [3.63, 3.8) is 0 Å². The van der Waals surface area contributed by atoms with E-state index >= 15 is 0 Å². The molecule has 0 fully saturated rings. The summed E-state index contributed by atoms with van der Waals surface area (Å²) >= 11 is 1.33. The first-order chi connectivity index (χ1) is 8.48. The first-order valence-corrected chi connectivity index (χ1v) is 7.46. The second kappa shape index (κ2) is 4.84. The number of nitrogens with two attached hydrogens (primary N) is 1. The lowest BCUT2D eigenvalue weighted by Gasteiger charge is -2.16. The van der Waals surface area contributed by atoms with Crippen molar-refractivity contribution in [2.45, 2.75) is 5.03 Å². The fourth-order valence-electron chi connectivity index (χ4n) is 1.53. The maximum absolute atomic E-state index is 12.4. The van der Waals surface area contributed by atoms with Gasteiger partial charge in [0, 0.05) is 32.3 Å². The van der Waals surface area contributed by atoms with E-state index in [0.29, 0.717) is 11.6 Å². The summed E-state index contributed by atoms with van der Waals surface area (Å²) in [6.45, 7) is 0.580. The number of rotatable bonds is 5. The Morgan fingerprint density at radius 1 is 1.61 bits per heavy atom. The molecule has 0 aliphatic rings. The van der Waals surface area contributed by atoms with Crippen LogP contribution in [0.5, 0.6) is 0 Å². The number of ether oxygens (including phenoxy) is 1. The predicted molar refractivity (Wildman–Crippen MR) is 69.2 cm³/mol. The Morgan fingerprint density at radius 3 is 3.00 bits per heavy atom. The van der Waals surface area contributed by atoms with Crippen molar-refractivity contribution in [3.05, 3.63) is 11.6 Å². The van der Waals surface area contributed by atoms with E-state index in [-0.39, 0.29) is 17.4 Å². The summed E-state index contributed by atoms with van der Waals surface area (Å²) in [5.74, 6) is 0.0196. The molecule has 0 amide bonds. The number of fused-ring (bicyclic) bond motifs is 1. The zero-order valence-electron chi connectivity index (χ0n) is 10.0. The van der Waals surface area contributed by atoms with Crippen LogP contribution >= 0.6 is 11.3 Å². The SMILES string of the molecule is COCCN(C)S(=O)(=O)c1c(N)nc2sccn12. The molecule has 2 aromatic heterocycles. The van der Waals surface area contributed by atoms with Gasteiger partial charge in [-0.25, -0.2) is 13.4 Å². The summed E-state index contributed by atoms with van der Waals surface area (Å²) in [7, 11) is -0.655. The van der Waals surface area contributed by atoms with E-state index in [1.54, 1.807) is 11.6 Å². The minimum Gasteiger partial charge on any atom is -0.383 e. The average Bonchev–Trinajstić information content (AvgIpc) is 2.84. The third kappa shape index (κ3) is 2.09. The standard InChI is InChI=1S/C9H14N4O3S2/c1-12(3-5-16-2)18(14,15)8-7(10)11-9-13(8)4-6-17-9/h4,6H,3,5,10H2,1-2H3. The van der Waals surface area contributed by atoms with Crippen molar-refractivity contribution in [2.24, 2.45) is 0 Å². The smallest absolute Gasteiger partial charge is 0.262 e. The van der Waals surface area contributed by atoms with E-state index in [1.165, 1.54) is 34.2 Å². The van der Waals surface area contributed by atoms with Gasteiger partial charge in [-0.15, -0.1) is 11.3 Å². The Morgan fingerprint density at radius 2 is 2.33 bits per heavy atom. The molecule has 9 heteroatoms. The highest BCUT2D eigenvalue weighted by atomic mass is 32.2. The molecule has 0 radical (unpaired) electrons. The quantitative estimate of drug-likeness (QED) is 0.852. The van der Waals surface area contributed by atoms with Crippen LogP contribution in [0.25, 0.3) is 4.96 Å². The van der Waals surface area contributed by atoms with Gasteiger partial charge in [-0.2, -0.15) is 4.31 Å². The van der Waals surface area contributed by atoms with E-state index in [9.17, 15) is 8.42 Å². The lowest BCUT2D eigenvalue weighted by molar-refractivity contribution is 0.185. The highest BCUT2D eigenvalue weighted by Gasteiger charge is 2.28. The summed E-state index contributed by atoms with van der Waals surface area (Å²) in [5.41, 5.74) is 5.69. The van der Waals surface area contributed by atoms with Crippen LogP contribution in [0.1, 0.15) is 0 Å². The molecule has 18 heavy (non-hydrogen) atoms. The molecule has 100 valence electrons. The Bertz CT molecular complexity index is 646. The lowest BCUT2D eigenvalue weighted by Crippen LogP contribution is -2.31. The Kier molecular flexibility index (Phi) is 3.57. The van der Waals surface area contributed by atoms with E-state index in [2.05, 4.69) is 4.98 Å². The monoisotopic (exact) mass is 290 g/mol. The van der Waals surface area contributed by atoms with Crippen molar-refractivity contribution in [1.82, 2.24) is 13.7 Å². The third-order valence-electron chi connectivity index (χ3n) is 2.51.